The van der Waals surface area contributed by atoms with Gasteiger partial charge in [0.25, 0.3) is 0 Å². The van der Waals surface area contributed by atoms with E-state index in [1.165, 1.54) is 0 Å². The van der Waals surface area contributed by atoms with E-state index < -0.39 is 6.10 Å². The molecule has 1 atom stereocenters. The van der Waals surface area contributed by atoms with Gasteiger partial charge in [-0.2, -0.15) is 0 Å². The number of aliphatic hydroxyl groups excluding tert-OH is 1. The molecule has 0 spiro atoms. The van der Waals surface area contributed by atoms with E-state index in [0.29, 0.717) is 10.8 Å². The number of methoxy groups -OCH3 is 1. The Balaban J connectivity index is 2.08. The molecule has 3 rings (SSSR count). The molecule has 3 nitrogen and oxygen atoms in total. The average Bonchev–Trinajstić information content (AvgIpc) is 2.53. The third kappa shape index (κ3) is 2.58. The third-order valence-electron chi connectivity index (χ3n) is 3.50. The Morgan fingerprint density at radius 1 is 1.19 bits per heavy atom. The van der Waals surface area contributed by atoms with Gasteiger partial charge in [-0.3, -0.25) is 4.98 Å². The molecule has 3 aromatic rings. The van der Waals surface area contributed by atoms with Gasteiger partial charge in [-0.05, 0) is 34.7 Å². The number of aliphatic hydroxyl groups is 1. The van der Waals surface area contributed by atoms with Crippen LogP contribution in [0, 0.1) is 0 Å². The molecule has 0 bridgehead atoms. The average molecular weight is 300 g/mol. The molecule has 0 amide bonds. The topological polar surface area (TPSA) is 42.4 Å². The van der Waals surface area contributed by atoms with Crippen molar-refractivity contribution in [1.29, 1.82) is 0 Å². The first-order chi connectivity index (χ1) is 10.2. The molecule has 1 heterocycles. The molecule has 2 aromatic carbocycles. The lowest BCUT2D eigenvalue weighted by Crippen LogP contribution is -2.01. The third-order valence-corrected chi connectivity index (χ3v) is 3.80. The SMILES string of the molecule is COc1ccc(C(O)c2cccc3ccncc23)cc1Cl. The van der Waals surface area contributed by atoms with Gasteiger partial charge in [-0.25, -0.2) is 0 Å². The monoisotopic (exact) mass is 299 g/mol. The highest BCUT2D eigenvalue weighted by Gasteiger charge is 2.15. The highest BCUT2D eigenvalue weighted by atomic mass is 35.5. The fourth-order valence-corrected chi connectivity index (χ4v) is 2.67. The Labute approximate surface area is 127 Å². The Morgan fingerprint density at radius 3 is 2.81 bits per heavy atom. The minimum absolute atomic E-state index is 0.479. The van der Waals surface area contributed by atoms with Crippen LogP contribution < -0.4 is 4.74 Å². The first-order valence-electron chi connectivity index (χ1n) is 6.55. The largest absolute Gasteiger partial charge is 0.495 e. The summed E-state index contributed by atoms with van der Waals surface area (Å²) in [5.41, 5.74) is 1.53. The maximum absolute atomic E-state index is 10.7. The molecule has 1 unspecified atom stereocenters. The summed E-state index contributed by atoms with van der Waals surface area (Å²) in [4.78, 5) is 4.14. The van der Waals surface area contributed by atoms with Crippen LogP contribution in [0.5, 0.6) is 5.75 Å². The molecule has 106 valence electrons. The van der Waals surface area contributed by atoms with Crippen molar-refractivity contribution in [3.63, 3.8) is 0 Å². The molecule has 0 radical (unpaired) electrons. The normalized spacial score (nSPS) is 12.3. The van der Waals surface area contributed by atoms with Gasteiger partial charge in [0.05, 0.1) is 12.1 Å². The van der Waals surface area contributed by atoms with E-state index in [2.05, 4.69) is 4.98 Å². The summed E-state index contributed by atoms with van der Waals surface area (Å²) < 4.78 is 5.13. The van der Waals surface area contributed by atoms with Crippen molar-refractivity contribution >= 4 is 22.4 Å². The van der Waals surface area contributed by atoms with Crippen LogP contribution >= 0.6 is 11.6 Å². The zero-order valence-corrected chi connectivity index (χ0v) is 12.2. The number of halogens is 1. The van der Waals surface area contributed by atoms with E-state index in [1.807, 2.05) is 30.3 Å². The first kappa shape index (κ1) is 13.9. The van der Waals surface area contributed by atoms with E-state index in [4.69, 9.17) is 16.3 Å². The second-order valence-corrected chi connectivity index (χ2v) is 5.15. The van der Waals surface area contributed by atoms with Crippen LogP contribution in [0.2, 0.25) is 5.02 Å². The summed E-state index contributed by atoms with van der Waals surface area (Å²) in [7, 11) is 1.56. The van der Waals surface area contributed by atoms with Crippen LogP contribution in [0.3, 0.4) is 0 Å². The number of benzene rings is 2. The number of pyridine rings is 1. The van der Waals surface area contributed by atoms with Crippen LogP contribution in [0.15, 0.2) is 54.9 Å². The summed E-state index contributed by atoms with van der Waals surface area (Å²) in [6.45, 7) is 0. The number of nitrogens with zero attached hydrogens (tertiary/aromatic N) is 1. The van der Waals surface area contributed by atoms with Crippen molar-refractivity contribution in [2.45, 2.75) is 6.10 Å². The minimum Gasteiger partial charge on any atom is -0.495 e. The fourth-order valence-electron chi connectivity index (χ4n) is 2.41. The minimum atomic E-state index is -0.763. The lowest BCUT2D eigenvalue weighted by Gasteiger charge is -2.15. The van der Waals surface area contributed by atoms with Gasteiger partial charge in [0, 0.05) is 17.8 Å². The van der Waals surface area contributed by atoms with E-state index in [0.717, 1.165) is 21.9 Å². The van der Waals surface area contributed by atoms with Gasteiger partial charge in [-0.15, -0.1) is 0 Å². The second kappa shape index (κ2) is 5.72. The summed E-state index contributed by atoms with van der Waals surface area (Å²) in [5.74, 6) is 0.590. The molecular weight excluding hydrogens is 286 g/mol. The van der Waals surface area contributed by atoms with Crippen molar-refractivity contribution in [2.75, 3.05) is 7.11 Å². The Hall–Kier alpha value is -2.10. The van der Waals surface area contributed by atoms with Crippen molar-refractivity contribution < 1.29 is 9.84 Å². The summed E-state index contributed by atoms with van der Waals surface area (Å²) in [5, 5.41) is 13.1. The number of fused-ring (bicyclic) bond motifs is 1. The van der Waals surface area contributed by atoms with Gasteiger partial charge in [0.1, 0.15) is 11.9 Å². The Kier molecular flexibility index (Phi) is 3.78. The van der Waals surface area contributed by atoms with Gasteiger partial charge in [-0.1, -0.05) is 35.9 Å². The smallest absolute Gasteiger partial charge is 0.137 e. The molecule has 0 aliphatic heterocycles. The molecule has 21 heavy (non-hydrogen) atoms. The zero-order chi connectivity index (χ0) is 14.8. The Morgan fingerprint density at radius 2 is 2.05 bits per heavy atom. The van der Waals surface area contributed by atoms with Crippen LogP contribution in [0.4, 0.5) is 0 Å². The highest BCUT2D eigenvalue weighted by molar-refractivity contribution is 6.32. The number of hydrogen-bond donors (Lipinski definition) is 1. The lowest BCUT2D eigenvalue weighted by atomic mass is 9.97. The van der Waals surface area contributed by atoms with E-state index in [-0.39, 0.29) is 0 Å². The number of ether oxygens (including phenoxy) is 1. The maximum Gasteiger partial charge on any atom is 0.137 e. The van der Waals surface area contributed by atoms with Crippen molar-refractivity contribution in [3.8, 4) is 5.75 Å². The summed E-state index contributed by atoms with van der Waals surface area (Å²) in [6.07, 6.45) is 2.74. The van der Waals surface area contributed by atoms with Gasteiger partial charge in [0.2, 0.25) is 0 Å². The number of hydrogen-bond acceptors (Lipinski definition) is 3. The molecule has 0 saturated heterocycles. The summed E-state index contributed by atoms with van der Waals surface area (Å²) >= 11 is 6.13. The predicted molar refractivity (Wildman–Crippen MR) is 83.8 cm³/mol. The molecule has 1 N–H and O–H groups in total. The summed E-state index contributed by atoms with van der Waals surface area (Å²) in [6, 6.07) is 13.0. The standard InChI is InChI=1S/C17H14ClNO2/c1-21-16-6-5-12(9-15(16)18)17(20)13-4-2-3-11-7-8-19-10-14(11)13/h2-10,17,20H,1H3. The molecular formula is C17H14ClNO2. The number of rotatable bonds is 3. The van der Waals surface area contributed by atoms with Crippen molar-refractivity contribution in [2.24, 2.45) is 0 Å². The fraction of sp³-hybridized carbons (Fsp3) is 0.118. The molecule has 0 aliphatic carbocycles. The Bertz CT molecular complexity index is 783. The van der Waals surface area contributed by atoms with Gasteiger partial charge >= 0.3 is 0 Å². The van der Waals surface area contributed by atoms with Crippen LogP contribution in [-0.2, 0) is 0 Å². The zero-order valence-electron chi connectivity index (χ0n) is 11.5. The van der Waals surface area contributed by atoms with Gasteiger partial charge < -0.3 is 9.84 Å². The molecule has 4 heteroatoms. The van der Waals surface area contributed by atoms with E-state index in [9.17, 15) is 5.11 Å². The molecule has 0 saturated carbocycles. The maximum atomic E-state index is 10.7. The van der Waals surface area contributed by atoms with Crippen LogP contribution in [-0.4, -0.2) is 17.2 Å². The van der Waals surface area contributed by atoms with Crippen LogP contribution in [0.25, 0.3) is 10.8 Å². The van der Waals surface area contributed by atoms with Crippen molar-refractivity contribution in [3.05, 3.63) is 71.0 Å². The van der Waals surface area contributed by atoms with Gasteiger partial charge in [0.15, 0.2) is 0 Å². The highest BCUT2D eigenvalue weighted by Crippen LogP contribution is 2.32. The quantitative estimate of drug-likeness (QED) is 0.795. The molecule has 0 aliphatic rings. The van der Waals surface area contributed by atoms with E-state index >= 15 is 0 Å². The lowest BCUT2D eigenvalue weighted by molar-refractivity contribution is 0.222. The number of aromatic nitrogens is 1. The van der Waals surface area contributed by atoms with E-state index in [1.54, 1.807) is 31.6 Å². The predicted octanol–water partition coefficient (Wildman–Crippen LogP) is 3.98. The second-order valence-electron chi connectivity index (χ2n) is 4.74. The van der Waals surface area contributed by atoms with Crippen molar-refractivity contribution in [1.82, 2.24) is 4.98 Å². The first-order valence-corrected chi connectivity index (χ1v) is 6.92. The van der Waals surface area contributed by atoms with Crippen LogP contribution in [0.1, 0.15) is 17.2 Å². The molecule has 1 aromatic heterocycles. The molecule has 0 fully saturated rings.